The van der Waals surface area contributed by atoms with Gasteiger partial charge in [0.2, 0.25) is 0 Å². The zero-order valence-electron chi connectivity index (χ0n) is 16.4. The maximum Gasteiger partial charge on any atom is 0.123 e. The van der Waals surface area contributed by atoms with Crippen LogP contribution in [0.15, 0.2) is 79.5 Å². The number of allylic oxidation sites excluding steroid dienone is 2. The largest absolute Gasteiger partial charge is 0.361 e. The first-order valence-electron chi connectivity index (χ1n) is 9.39. The van der Waals surface area contributed by atoms with Crippen molar-refractivity contribution in [3.8, 4) is 0 Å². The van der Waals surface area contributed by atoms with Crippen LogP contribution in [0.25, 0.3) is 17.0 Å². The van der Waals surface area contributed by atoms with E-state index in [1.54, 1.807) is 30.5 Å². The maximum absolute atomic E-state index is 13.4. The Morgan fingerprint density at radius 3 is 2.80 bits per heavy atom. The van der Waals surface area contributed by atoms with Crippen molar-refractivity contribution >= 4 is 22.7 Å². The van der Waals surface area contributed by atoms with Gasteiger partial charge in [-0.1, -0.05) is 30.3 Å². The van der Waals surface area contributed by atoms with E-state index in [4.69, 9.17) is 5.41 Å². The zero-order chi connectivity index (χ0) is 21.1. The van der Waals surface area contributed by atoms with Gasteiger partial charge < -0.3 is 20.6 Å². The Bertz CT molecular complexity index is 1270. The zero-order valence-corrected chi connectivity index (χ0v) is 16.4. The van der Waals surface area contributed by atoms with Crippen molar-refractivity contribution in [1.29, 1.82) is 5.41 Å². The Labute approximate surface area is 173 Å². The lowest BCUT2D eigenvalue weighted by atomic mass is 9.81. The number of halogens is 1. The third-order valence-corrected chi connectivity index (χ3v) is 5.08. The molecule has 1 N–H and O–H groups in total. The molecule has 2 aromatic carbocycles. The van der Waals surface area contributed by atoms with Crippen LogP contribution >= 0.6 is 0 Å². The molecule has 0 fully saturated rings. The second-order valence-electron chi connectivity index (χ2n) is 7.07. The van der Waals surface area contributed by atoms with Crippen LogP contribution in [-0.4, -0.2) is 20.9 Å². The van der Waals surface area contributed by atoms with Gasteiger partial charge in [0, 0.05) is 34.2 Å². The van der Waals surface area contributed by atoms with Crippen molar-refractivity contribution in [1.82, 2.24) is 20.2 Å². The number of aromatic nitrogens is 4. The molecule has 2 heterocycles. The molecule has 30 heavy (non-hydrogen) atoms. The van der Waals surface area contributed by atoms with E-state index >= 15 is 0 Å². The van der Waals surface area contributed by atoms with Crippen LogP contribution in [0.4, 0.5) is 4.39 Å². The van der Waals surface area contributed by atoms with Crippen LogP contribution in [0, 0.1) is 11.2 Å². The van der Waals surface area contributed by atoms with Crippen molar-refractivity contribution in [2.24, 2.45) is 0 Å². The van der Waals surface area contributed by atoms with Gasteiger partial charge in [-0.2, -0.15) is 0 Å². The normalized spacial score (nSPS) is 13.4. The maximum atomic E-state index is 13.4. The molecule has 0 aliphatic rings. The number of fused-ring (bicyclic) bond motifs is 1. The van der Waals surface area contributed by atoms with Gasteiger partial charge in [0.15, 0.2) is 0 Å². The van der Waals surface area contributed by atoms with Gasteiger partial charge in [-0.25, -0.2) is 4.39 Å². The van der Waals surface area contributed by atoms with Crippen LogP contribution in [-0.2, 0) is 5.41 Å². The SMILES string of the molecule is C=C[C@@](C)(c1ccc2ncccc2c1)c1nnc(/C=C\C(=N)c2cccc(F)c2)[n-]1. The monoisotopic (exact) mass is 396 g/mol. The fourth-order valence-corrected chi connectivity index (χ4v) is 3.19. The summed E-state index contributed by atoms with van der Waals surface area (Å²) in [4.78, 5) is 8.88. The smallest absolute Gasteiger partial charge is 0.123 e. The molecule has 4 rings (SSSR count). The van der Waals surface area contributed by atoms with E-state index in [0.29, 0.717) is 17.2 Å². The average Bonchev–Trinajstić information content (AvgIpc) is 3.26. The van der Waals surface area contributed by atoms with Gasteiger partial charge in [0.05, 0.1) is 11.2 Å². The molecular weight excluding hydrogens is 377 g/mol. The van der Waals surface area contributed by atoms with E-state index in [1.807, 2.05) is 31.2 Å². The number of pyridine rings is 1. The van der Waals surface area contributed by atoms with E-state index in [9.17, 15) is 4.39 Å². The molecule has 6 heteroatoms. The minimum Gasteiger partial charge on any atom is -0.361 e. The molecule has 0 aliphatic carbocycles. The van der Waals surface area contributed by atoms with Crippen molar-refractivity contribution in [2.75, 3.05) is 0 Å². The van der Waals surface area contributed by atoms with Crippen molar-refractivity contribution in [2.45, 2.75) is 12.3 Å². The molecule has 0 radical (unpaired) electrons. The van der Waals surface area contributed by atoms with E-state index < -0.39 is 5.41 Å². The van der Waals surface area contributed by atoms with E-state index in [1.165, 1.54) is 18.2 Å². The summed E-state index contributed by atoms with van der Waals surface area (Å²) in [6, 6.07) is 15.8. The third kappa shape index (κ3) is 3.67. The van der Waals surface area contributed by atoms with Crippen LogP contribution in [0.3, 0.4) is 0 Å². The minimum atomic E-state index is -0.640. The predicted molar refractivity (Wildman–Crippen MR) is 116 cm³/mol. The first-order valence-corrected chi connectivity index (χ1v) is 9.39. The van der Waals surface area contributed by atoms with Gasteiger partial charge in [-0.3, -0.25) is 4.98 Å². The molecule has 0 aliphatic heterocycles. The fourth-order valence-electron chi connectivity index (χ4n) is 3.19. The predicted octanol–water partition coefficient (Wildman–Crippen LogP) is 4.69. The molecule has 0 spiro atoms. The Morgan fingerprint density at radius 1 is 1.13 bits per heavy atom. The number of rotatable bonds is 6. The van der Waals surface area contributed by atoms with Gasteiger partial charge in [0.25, 0.3) is 0 Å². The van der Waals surface area contributed by atoms with Gasteiger partial charge in [0.1, 0.15) is 5.82 Å². The molecular formula is C24H19FN5-. The molecule has 148 valence electrons. The highest BCUT2D eigenvalue weighted by Crippen LogP contribution is 2.32. The quantitative estimate of drug-likeness (QED) is 0.379. The molecule has 4 aromatic rings. The summed E-state index contributed by atoms with van der Waals surface area (Å²) in [6.07, 6.45) is 6.68. The third-order valence-electron chi connectivity index (χ3n) is 5.08. The first-order chi connectivity index (χ1) is 14.5. The standard InChI is InChI=1S/C24H19FN5/c1-3-24(2,18-9-11-21-17(14-18)7-5-13-27-21)23-28-22(29-30-23)12-10-20(26)16-6-4-8-19(25)15-16/h3-15,26H,1H2,2H3/q-1/b12-10-,26-20?/t24-/m0/s1. The second-order valence-corrected chi connectivity index (χ2v) is 7.07. The summed E-state index contributed by atoms with van der Waals surface area (Å²) >= 11 is 0. The fraction of sp³-hybridized carbons (Fsp3) is 0.0833. The number of nitrogens with one attached hydrogen (secondary N) is 1. The van der Waals surface area contributed by atoms with Gasteiger partial charge >= 0.3 is 0 Å². The Balaban J connectivity index is 1.62. The summed E-state index contributed by atoms with van der Waals surface area (Å²) in [7, 11) is 0. The van der Waals surface area contributed by atoms with E-state index in [0.717, 1.165) is 16.5 Å². The highest BCUT2D eigenvalue weighted by molar-refractivity contribution is 6.08. The molecule has 0 saturated carbocycles. The van der Waals surface area contributed by atoms with Crippen LogP contribution < -0.4 is 4.98 Å². The summed E-state index contributed by atoms with van der Waals surface area (Å²) < 4.78 is 13.4. The Kier molecular flexibility index (Phi) is 5.06. The minimum absolute atomic E-state index is 0.161. The topological polar surface area (TPSA) is 76.6 Å². The Hall–Kier alpha value is -3.93. The van der Waals surface area contributed by atoms with Crippen molar-refractivity contribution in [3.63, 3.8) is 0 Å². The first kappa shape index (κ1) is 19.4. The highest BCUT2D eigenvalue weighted by Gasteiger charge is 2.25. The molecule has 0 unspecified atom stereocenters. The van der Waals surface area contributed by atoms with Crippen molar-refractivity contribution in [3.05, 3.63) is 108 Å². The van der Waals surface area contributed by atoms with Gasteiger partial charge in [-0.05, 0) is 55.0 Å². The lowest BCUT2D eigenvalue weighted by Crippen LogP contribution is -2.23. The van der Waals surface area contributed by atoms with Crippen molar-refractivity contribution < 1.29 is 4.39 Å². The summed E-state index contributed by atoms with van der Waals surface area (Å²) in [6.45, 7) is 5.97. The molecule has 5 nitrogen and oxygen atoms in total. The molecule has 0 bridgehead atoms. The summed E-state index contributed by atoms with van der Waals surface area (Å²) in [5.74, 6) is 0.505. The molecule has 1 atom stereocenters. The van der Waals surface area contributed by atoms with Crippen LogP contribution in [0.1, 0.15) is 29.7 Å². The highest BCUT2D eigenvalue weighted by atomic mass is 19.1. The summed E-state index contributed by atoms with van der Waals surface area (Å²) in [5.41, 5.74) is 1.89. The van der Waals surface area contributed by atoms with Crippen LogP contribution in [0.2, 0.25) is 0 Å². The number of nitrogens with zero attached hydrogens (tertiary/aromatic N) is 4. The lowest BCUT2D eigenvalue weighted by molar-refractivity contribution is 0.627. The average molecular weight is 396 g/mol. The number of hydrogen-bond donors (Lipinski definition) is 1. The van der Waals surface area contributed by atoms with E-state index in [2.05, 4.69) is 32.8 Å². The number of benzene rings is 2. The molecule has 0 amide bonds. The van der Waals surface area contributed by atoms with Crippen LogP contribution in [0.5, 0.6) is 0 Å². The van der Waals surface area contributed by atoms with Gasteiger partial charge in [-0.15, -0.1) is 6.58 Å². The number of hydrogen-bond acceptors (Lipinski definition) is 4. The Morgan fingerprint density at radius 2 is 2.00 bits per heavy atom. The van der Waals surface area contributed by atoms with E-state index in [-0.39, 0.29) is 11.5 Å². The lowest BCUT2D eigenvalue weighted by Gasteiger charge is -2.27. The molecule has 2 aromatic heterocycles. The molecule has 0 saturated heterocycles. The summed E-state index contributed by atoms with van der Waals surface area (Å²) in [5, 5.41) is 17.5. The second kappa shape index (κ2) is 7.83.